The van der Waals surface area contributed by atoms with Gasteiger partial charge in [0, 0.05) is 5.69 Å². The first-order valence-corrected chi connectivity index (χ1v) is 4.75. The molecule has 2 rings (SSSR count). The third-order valence-electron chi connectivity index (χ3n) is 1.97. The van der Waals surface area contributed by atoms with E-state index in [0.717, 1.165) is 5.56 Å². The monoisotopic (exact) mass is 219 g/mol. The van der Waals surface area contributed by atoms with Gasteiger partial charge in [0.25, 0.3) is 5.91 Å². The summed E-state index contributed by atoms with van der Waals surface area (Å²) in [5.74, 6) is -0.211. The number of nitrogen functional groups attached to an aromatic ring is 1. The van der Waals surface area contributed by atoms with Crippen LogP contribution >= 0.6 is 12.2 Å². The molecule has 5 heteroatoms. The van der Waals surface area contributed by atoms with Crippen molar-refractivity contribution in [3.8, 4) is 0 Å². The van der Waals surface area contributed by atoms with Crippen LogP contribution in [0, 0.1) is 0 Å². The number of hydrogen-bond donors (Lipinski definition) is 3. The standard InChI is InChI=1S/C10H9N3OS/c11-7-3-1-6(2-4-7)5-8-9(14)13-10(15)12-8/h1-5H,11H2,(H2,12,13,14,15)/b8-5+. The van der Waals surface area contributed by atoms with Gasteiger partial charge in [-0.2, -0.15) is 0 Å². The van der Waals surface area contributed by atoms with E-state index in [9.17, 15) is 4.79 Å². The Labute approximate surface area is 92.2 Å². The molecule has 1 heterocycles. The molecular weight excluding hydrogens is 210 g/mol. The van der Waals surface area contributed by atoms with Crippen molar-refractivity contribution in [2.24, 2.45) is 0 Å². The van der Waals surface area contributed by atoms with Gasteiger partial charge in [-0.15, -0.1) is 0 Å². The molecule has 1 aromatic carbocycles. The van der Waals surface area contributed by atoms with Crippen LogP contribution in [0.5, 0.6) is 0 Å². The number of nitrogens with one attached hydrogen (secondary N) is 2. The number of thiocarbonyl (C=S) groups is 1. The first-order valence-electron chi connectivity index (χ1n) is 4.35. The van der Waals surface area contributed by atoms with Gasteiger partial charge in [0.05, 0.1) is 0 Å². The first-order chi connectivity index (χ1) is 7.15. The zero-order valence-corrected chi connectivity index (χ0v) is 8.60. The molecule has 1 fully saturated rings. The molecule has 1 saturated heterocycles. The number of amides is 1. The lowest BCUT2D eigenvalue weighted by Gasteiger charge is -1.97. The van der Waals surface area contributed by atoms with E-state index in [4.69, 9.17) is 18.0 Å². The molecule has 4 nitrogen and oxygen atoms in total. The predicted octanol–water partition coefficient (Wildman–Crippen LogP) is 0.614. The molecule has 1 amide bonds. The summed E-state index contributed by atoms with van der Waals surface area (Å²) in [4.78, 5) is 11.3. The quantitative estimate of drug-likeness (QED) is 0.368. The van der Waals surface area contributed by atoms with Crippen LogP contribution < -0.4 is 16.4 Å². The number of anilines is 1. The molecule has 0 spiro atoms. The molecule has 4 N–H and O–H groups in total. The molecule has 0 radical (unpaired) electrons. The normalized spacial score (nSPS) is 17.7. The van der Waals surface area contributed by atoms with Gasteiger partial charge in [0.15, 0.2) is 5.11 Å². The lowest BCUT2D eigenvalue weighted by molar-refractivity contribution is -0.115. The number of rotatable bonds is 1. The van der Waals surface area contributed by atoms with Crippen LogP contribution in [0.3, 0.4) is 0 Å². The number of benzene rings is 1. The van der Waals surface area contributed by atoms with Crippen LogP contribution in [0.1, 0.15) is 5.56 Å². The molecule has 0 saturated carbocycles. The van der Waals surface area contributed by atoms with Gasteiger partial charge in [-0.25, -0.2) is 0 Å². The fourth-order valence-electron chi connectivity index (χ4n) is 1.24. The molecule has 1 aromatic rings. The highest BCUT2D eigenvalue weighted by Gasteiger charge is 2.19. The van der Waals surface area contributed by atoms with E-state index in [0.29, 0.717) is 16.5 Å². The van der Waals surface area contributed by atoms with Gasteiger partial charge in [-0.3, -0.25) is 10.1 Å². The lowest BCUT2D eigenvalue weighted by atomic mass is 10.2. The zero-order valence-electron chi connectivity index (χ0n) is 7.78. The SMILES string of the molecule is Nc1ccc(/C=C2/NC(=S)NC2=O)cc1. The Hall–Kier alpha value is -1.88. The van der Waals surface area contributed by atoms with Crippen LogP contribution in [0.25, 0.3) is 6.08 Å². The van der Waals surface area contributed by atoms with E-state index in [1.54, 1.807) is 18.2 Å². The van der Waals surface area contributed by atoms with Crippen molar-refractivity contribution in [2.45, 2.75) is 0 Å². The van der Waals surface area contributed by atoms with Gasteiger partial charge >= 0.3 is 0 Å². The zero-order chi connectivity index (χ0) is 10.8. The summed E-state index contributed by atoms with van der Waals surface area (Å²) >= 11 is 4.81. The highest BCUT2D eigenvalue weighted by atomic mass is 32.1. The molecule has 0 unspecified atom stereocenters. The van der Waals surface area contributed by atoms with Gasteiger partial charge in [-0.1, -0.05) is 12.1 Å². The summed E-state index contributed by atoms with van der Waals surface area (Å²) in [7, 11) is 0. The summed E-state index contributed by atoms with van der Waals surface area (Å²) in [6.45, 7) is 0. The van der Waals surface area contributed by atoms with Crippen LogP contribution in [0.4, 0.5) is 5.69 Å². The average Bonchev–Trinajstić information content (AvgIpc) is 2.49. The second-order valence-electron chi connectivity index (χ2n) is 3.13. The van der Waals surface area contributed by atoms with E-state index < -0.39 is 0 Å². The van der Waals surface area contributed by atoms with Crippen LogP contribution in [-0.4, -0.2) is 11.0 Å². The first kappa shape index (κ1) is 9.67. The summed E-state index contributed by atoms with van der Waals surface area (Å²) in [6, 6.07) is 7.21. The van der Waals surface area contributed by atoms with Crippen molar-refractivity contribution in [2.75, 3.05) is 5.73 Å². The second kappa shape index (κ2) is 3.70. The Morgan fingerprint density at radius 3 is 2.40 bits per heavy atom. The van der Waals surface area contributed by atoms with Crippen molar-refractivity contribution in [3.05, 3.63) is 35.5 Å². The minimum Gasteiger partial charge on any atom is -0.399 e. The molecule has 1 aliphatic heterocycles. The Morgan fingerprint density at radius 1 is 1.20 bits per heavy atom. The Kier molecular flexibility index (Phi) is 2.39. The summed E-state index contributed by atoms with van der Waals surface area (Å²) in [5, 5.41) is 5.59. The predicted molar refractivity (Wildman–Crippen MR) is 62.7 cm³/mol. The topological polar surface area (TPSA) is 67.2 Å². The maximum absolute atomic E-state index is 11.3. The van der Waals surface area contributed by atoms with Crippen molar-refractivity contribution in [3.63, 3.8) is 0 Å². The number of nitrogens with two attached hydrogens (primary N) is 1. The van der Waals surface area contributed by atoms with E-state index in [1.807, 2.05) is 12.1 Å². The summed E-state index contributed by atoms with van der Waals surface area (Å²) < 4.78 is 0. The fourth-order valence-corrected chi connectivity index (χ4v) is 1.44. The van der Waals surface area contributed by atoms with Crippen molar-refractivity contribution < 1.29 is 4.79 Å². The van der Waals surface area contributed by atoms with Gasteiger partial charge in [-0.05, 0) is 36.0 Å². The van der Waals surface area contributed by atoms with E-state index in [-0.39, 0.29) is 5.91 Å². The maximum Gasteiger partial charge on any atom is 0.273 e. The Balaban J connectivity index is 2.27. The highest BCUT2D eigenvalue weighted by molar-refractivity contribution is 7.80. The van der Waals surface area contributed by atoms with Crippen molar-refractivity contribution in [1.82, 2.24) is 10.6 Å². The Morgan fingerprint density at radius 2 is 1.87 bits per heavy atom. The van der Waals surface area contributed by atoms with Gasteiger partial charge < -0.3 is 11.1 Å². The second-order valence-corrected chi connectivity index (χ2v) is 3.54. The van der Waals surface area contributed by atoms with Gasteiger partial charge in [0.2, 0.25) is 0 Å². The number of carbonyl (C=O) groups is 1. The number of carbonyl (C=O) groups excluding carboxylic acids is 1. The molecular formula is C10H9N3OS. The molecule has 76 valence electrons. The van der Waals surface area contributed by atoms with Crippen molar-refractivity contribution in [1.29, 1.82) is 0 Å². The van der Waals surface area contributed by atoms with E-state index in [1.165, 1.54) is 0 Å². The fraction of sp³-hybridized carbons (Fsp3) is 0. The smallest absolute Gasteiger partial charge is 0.273 e. The van der Waals surface area contributed by atoms with Crippen LogP contribution in [-0.2, 0) is 4.79 Å². The third-order valence-corrected chi connectivity index (χ3v) is 2.17. The molecule has 0 bridgehead atoms. The van der Waals surface area contributed by atoms with Gasteiger partial charge in [0.1, 0.15) is 5.70 Å². The molecule has 1 aliphatic rings. The maximum atomic E-state index is 11.3. The molecule has 15 heavy (non-hydrogen) atoms. The van der Waals surface area contributed by atoms with E-state index >= 15 is 0 Å². The number of hydrogen-bond acceptors (Lipinski definition) is 3. The van der Waals surface area contributed by atoms with Crippen LogP contribution in [0.15, 0.2) is 30.0 Å². The molecule has 0 atom stereocenters. The minimum absolute atomic E-state index is 0.211. The summed E-state index contributed by atoms with van der Waals surface area (Å²) in [6.07, 6.45) is 1.72. The Bertz CT molecular complexity index is 450. The molecule has 0 aromatic heterocycles. The van der Waals surface area contributed by atoms with Crippen LogP contribution in [0.2, 0.25) is 0 Å². The van der Waals surface area contributed by atoms with Crippen molar-refractivity contribution >= 4 is 35.0 Å². The largest absolute Gasteiger partial charge is 0.399 e. The minimum atomic E-state index is -0.211. The highest BCUT2D eigenvalue weighted by Crippen LogP contribution is 2.10. The third kappa shape index (κ3) is 2.13. The molecule has 0 aliphatic carbocycles. The lowest BCUT2D eigenvalue weighted by Crippen LogP contribution is -2.21. The van der Waals surface area contributed by atoms with E-state index in [2.05, 4.69) is 10.6 Å². The average molecular weight is 219 g/mol. The summed E-state index contributed by atoms with van der Waals surface area (Å²) in [5.41, 5.74) is 7.58.